The Hall–Kier alpha value is -2.88. The quantitative estimate of drug-likeness (QED) is 0.511. The molecule has 0 fully saturated rings. The summed E-state index contributed by atoms with van der Waals surface area (Å²) in [5, 5.41) is 17.7. The molecule has 2 heterocycles. The number of allylic oxidation sites excluding steroid dienone is 2. The number of aliphatic hydroxyl groups is 1. The van der Waals surface area contributed by atoms with Crippen LogP contribution >= 0.6 is 0 Å². The summed E-state index contributed by atoms with van der Waals surface area (Å²) in [5.41, 5.74) is 6.25. The Balaban J connectivity index is 2.36. The van der Waals surface area contributed by atoms with Crippen molar-refractivity contribution in [3.63, 3.8) is 0 Å². The van der Waals surface area contributed by atoms with E-state index in [-0.39, 0.29) is 28.2 Å². The molecule has 0 radical (unpaired) electrons. The lowest BCUT2D eigenvalue weighted by atomic mass is 9.77. The number of fused-ring (bicyclic) bond motifs is 3. The van der Waals surface area contributed by atoms with E-state index in [1.54, 1.807) is 12.3 Å². The number of pyridine rings is 1. The van der Waals surface area contributed by atoms with Crippen molar-refractivity contribution in [1.29, 1.82) is 5.41 Å². The van der Waals surface area contributed by atoms with Crippen LogP contribution in [0.1, 0.15) is 62.9 Å². The topological polar surface area (TPSA) is 66.1 Å². The smallest absolute Gasteiger partial charge is 0.193 e. The van der Waals surface area contributed by atoms with E-state index >= 15 is 0 Å². The molecule has 2 aromatic rings. The first-order valence-electron chi connectivity index (χ1n) is 10.1. The summed E-state index contributed by atoms with van der Waals surface area (Å²) < 4.78 is 2.13. The third kappa shape index (κ3) is 3.59. The summed E-state index contributed by atoms with van der Waals surface area (Å²) in [6.07, 6.45) is 6.79. The van der Waals surface area contributed by atoms with E-state index in [9.17, 15) is 9.90 Å². The largest absolute Gasteiger partial charge is 0.508 e. The van der Waals surface area contributed by atoms with Crippen molar-refractivity contribution < 1.29 is 5.11 Å². The number of rotatable bonds is 4. The fourth-order valence-electron chi connectivity index (χ4n) is 4.24. The van der Waals surface area contributed by atoms with Gasteiger partial charge in [-0.15, -0.1) is 0 Å². The SMILES string of the molecule is C=C(O)c1cn2c(cc1=O)-c1cc(CC)c(/C(C=N)=C/C)cc1CC2C(C)(C)C. The van der Waals surface area contributed by atoms with E-state index in [4.69, 9.17) is 5.41 Å². The highest BCUT2D eigenvalue weighted by molar-refractivity contribution is 6.09. The number of hydrogen-bond donors (Lipinski definition) is 2. The molecule has 0 amide bonds. The van der Waals surface area contributed by atoms with Crippen LogP contribution in [0.3, 0.4) is 0 Å². The maximum Gasteiger partial charge on any atom is 0.193 e. The van der Waals surface area contributed by atoms with Gasteiger partial charge in [-0.1, -0.05) is 46.4 Å². The summed E-state index contributed by atoms with van der Waals surface area (Å²) in [6, 6.07) is 6.10. The molecule has 2 N–H and O–H groups in total. The monoisotopic (exact) mass is 390 g/mol. The molecular weight excluding hydrogens is 360 g/mol. The fourth-order valence-corrected chi connectivity index (χ4v) is 4.24. The Kier molecular flexibility index (Phi) is 5.40. The van der Waals surface area contributed by atoms with Crippen LogP contribution < -0.4 is 5.43 Å². The Labute approximate surface area is 172 Å². The van der Waals surface area contributed by atoms with Gasteiger partial charge >= 0.3 is 0 Å². The molecule has 1 aliphatic heterocycles. The first-order chi connectivity index (χ1) is 13.6. The third-order valence-electron chi connectivity index (χ3n) is 5.90. The number of nitrogens with one attached hydrogen (secondary N) is 1. The van der Waals surface area contributed by atoms with Gasteiger partial charge < -0.3 is 15.1 Å². The van der Waals surface area contributed by atoms with Crippen LogP contribution in [-0.4, -0.2) is 15.9 Å². The van der Waals surface area contributed by atoms with Gasteiger partial charge in [-0.25, -0.2) is 0 Å². The molecule has 152 valence electrons. The molecule has 0 aliphatic carbocycles. The molecule has 1 aromatic heterocycles. The van der Waals surface area contributed by atoms with Crippen LogP contribution in [0.25, 0.3) is 22.6 Å². The zero-order chi connectivity index (χ0) is 21.5. The Morgan fingerprint density at radius 2 is 2.00 bits per heavy atom. The molecule has 3 rings (SSSR count). The molecule has 0 bridgehead atoms. The van der Waals surface area contributed by atoms with Gasteiger partial charge in [0.2, 0.25) is 0 Å². The lowest BCUT2D eigenvalue weighted by Crippen LogP contribution is -2.32. The Bertz CT molecular complexity index is 1080. The van der Waals surface area contributed by atoms with Crippen LogP contribution in [0, 0.1) is 10.8 Å². The van der Waals surface area contributed by atoms with Gasteiger partial charge in [0, 0.05) is 30.1 Å². The van der Waals surface area contributed by atoms with E-state index in [2.05, 4.69) is 51.0 Å². The van der Waals surface area contributed by atoms with Gasteiger partial charge in [-0.05, 0) is 53.5 Å². The average molecular weight is 391 g/mol. The van der Waals surface area contributed by atoms with Gasteiger partial charge in [0.05, 0.1) is 11.3 Å². The van der Waals surface area contributed by atoms with Crippen molar-refractivity contribution in [2.24, 2.45) is 5.41 Å². The fraction of sp³-hybridized carbons (Fsp3) is 0.360. The van der Waals surface area contributed by atoms with Crippen molar-refractivity contribution in [2.45, 2.75) is 53.5 Å². The van der Waals surface area contributed by atoms with Gasteiger partial charge in [-0.2, -0.15) is 0 Å². The van der Waals surface area contributed by atoms with Crippen LogP contribution in [0.5, 0.6) is 0 Å². The second kappa shape index (κ2) is 7.51. The van der Waals surface area contributed by atoms with Crippen molar-refractivity contribution in [1.82, 2.24) is 4.57 Å². The minimum Gasteiger partial charge on any atom is -0.508 e. The highest BCUT2D eigenvalue weighted by atomic mass is 16.3. The zero-order valence-corrected chi connectivity index (χ0v) is 18.0. The minimum atomic E-state index is -0.222. The molecule has 0 saturated heterocycles. The molecule has 1 unspecified atom stereocenters. The van der Waals surface area contributed by atoms with Gasteiger partial charge in [0.25, 0.3) is 0 Å². The standard InChI is InChI=1S/C25H30N2O2/c1-7-16-9-20-18(10-19(16)17(8-2)13-26)11-24(25(4,5)6)27-14-21(15(3)28)23(29)12-22(20)27/h8-10,12-14,24,26,28H,3,7,11H2,1-2,4-6H3/b17-8+,26-13?. The summed E-state index contributed by atoms with van der Waals surface area (Å²) >= 11 is 0. The number of aliphatic hydroxyl groups excluding tert-OH is 1. The van der Waals surface area contributed by atoms with E-state index in [1.165, 1.54) is 11.8 Å². The third-order valence-corrected chi connectivity index (χ3v) is 5.90. The number of aryl methyl sites for hydroxylation is 1. The maximum absolute atomic E-state index is 12.6. The normalized spacial score (nSPS) is 16.2. The molecule has 4 heteroatoms. The van der Waals surface area contributed by atoms with E-state index in [0.29, 0.717) is 0 Å². The van der Waals surface area contributed by atoms with Crippen molar-refractivity contribution >= 4 is 17.5 Å². The van der Waals surface area contributed by atoms with Crippen molar-refractivity contribution in [2.75, 3.05) is 0 Å². The van der Waals surface area contributed by atoms with Gasteiger partial charge in [-0.3, -0.25) is 4.79 Å². The lowest BCUT2D eigenvalue weighted by Gasteiger charge is -2.39. The van der Waals surface area contributed by atoms with E-state index in [1.807, 2.05) is 13.0 Å². The summed E-state index contributed by atoms with van der Waals surface area (Å²) in [4.78, 5) is 12.6. The Morgan fingerprint density at radius 1 is 1.31 bits per heavy atom. The van der Waals surface area contributed by atoms with Crippen LogP contribution in [0.2, 0.25) is 0 Å². The molecule has 0 spiro atoms. The number of benzene rings is 1. The Morgan fingerprint density at radius 3 is 2.52 bits per heavy atom. The second-order valence-corrected chi connectivity index (χ2v) is 8.78. The van der Waals surface area contributed by atoms with E-state index in [0.717, 1.165) is 40.8 Å². The summed E-state index contributed by atoms with van der Waals surface area (Å²) in [7, 11) is 0. The molecule has 1 aromatic carbocycles. The second-order valence-electron chi connectivity index (χ2n) is 8.78. The van der Waals surface area contributed by atoms with Crippen LogP contribution in [0.15, 0.2) is 41.8 Å². The highest BCUT2D eigenvalue weighted by Gasteiger charge is 2.33. The molecule has 0 saturated carbocycles. The number of aromatic nitrogens is 1. The first-order valence-corrected chi connectivity index (χ1v) is 10.1. The summed E-state index contributed by atoms with van der Waals surface area (Å²) in [5.74, 6) is -0.197. The first kappa shape index (κ1) is 20.8. The van der Waals surface area contributed by atoms with Crippen molar-refractivity contribution in [3.8, 4) is 11.3 Å². The lowest BCUT2D eigenvalue weighted by molar-refractivity contribution is 0.237. The van der Waals surface area contributed by atoms with Gasteiger partial charge in [0.1, 0.15) is 5.76 Å². The number of nitrogens with zero attached hydrogens (tertiary/aromatic N) is 1. The molecule has 1 aliphatic rings. The average Bonchev–Trinajstić information content (AvgIpc) is 2.66. The predicted molar refractivity (Wildman–Crippen MR) is 122 cm³/mol. The molecule has 4 nitrogen and oxygen atoms in total. The predicted octanol–water partition coefficient (Wildman–Crippen LogP) is 5.80. The number of hydrogen-bond acceptors (Lipinski definition) is 3. The van der Waals surface area contributed by atoms with Crippen LogP contribution in [-0.2, 0) is 12.8 Å². The molecule has 29 heavy (non-hydrogen) atoms. The maximum atomic E-state index is 12.6. The minimum absolute atomic E-state index is 0.0515. The molecule has 1 atom stereocenters. The summed E-state index contributed by atoms with van der Waals surface area (Å²) in [6.45, 7) is 14.2. The van der Waals surface area contributed by atoms with Crippen LogP contribution in [0.4, 0.5) is 0 Å². The zero-order valence-electron chi connectivity index (χ0n) is 18.0. The van der Waals surface area contributed by atoms with Gasteiger partial charge in [0.15, 0.2) is 5.43 Å². The van der Waals surface area contributed by atoms with E-state index < -0.39 is 0 Å². The van der Waals surface area contributed by atoms with Crippen molar-refractivity contribution in [3.05, 3.63) is 69.5 Å². The molecular formula is C25H30N2O2. The highest BCUT2D eigenvalue weighted by Crippen LogP contribution is 2.43.